The van der Waals surface area contributed by atoms with Crippen LogP contribution in [-0.4, -0.2) is 36.2 Å². The highest BCUT2D eigenvalue weighted by Crippen LogP contribution is 2.05. The number of carbonyl (C=O) groups is 1. The van der Waals surface area contributed by atoms with Crippen LogP contribution in [0.5, 0.6) is 0 Å². The Balaban J connectivity index is 0.000000136. The summed E-state index contributed by atoms with van der Waals surface area (Å²) in [6.07, 6.45) is 7.14. The number of rotatable bonds is 1. The van der Waals surface area contributed by atoms with Gasteiger partial charge in [0, 0.05) is 30.5 Å². The Morgan fingerprint density at radius 3 is 1.96 bits per heavy atom. The predicted molar refractivity (Wildman–Crippen MR) is 84.8 cm³/mol. The number of carbonyl (C=O) groups excluding carboxylic acids is 1. The number of aldehydes is 1. The Morgan fingerprint density at radius 2 is 1.30 bits per heavy atom. The molecule has 4 aromatic rings. The quantitative estimate of drug-likeness (QED) is 0.497. The lowest BCUT2D eigenvalue weighted by Gasteiger charge is -1.94. The summed E-state index contributed by atoms with van der Waals surface area (Å²) >= 11 is 0. The van der Waals surface area contributed by atoms with E-state index in [1.165, 1.54) is 0 Å². The molecular weight excluding hydrogens is 292 g/mol. The molecule has 4 aromatic heterocycles. The zero-order valence-electron chi connectivity index (χ0n) is 12.3. The molecule has 7 heteroatoms. The normalized spacial score (nSPS) is 10.1. The molecule has 0 saturated heterocycles. The molecule has 0 aliphatic rings. The third-order valence-corrected chi connectivity index (χ3v) is 2.94. The molecule has 0 fully saturated rings. The van der Waals surface area contributed by atoms with E-state index < -0.39 is 0 Å². The first-order valence-electron chi connectivity index (χ1n) is 6.83. The second kappa shape index (κ2) is 6.61. The lowest BCUT2D eigenvalue weighted by Crippen LogP contribution is -1.90. The highest BCUT2D eigenvalue weighted by Gasteiger charge is 1.97. The van der Waals surface area contributed by atoms with Gasteiger partial charge in [-0.1, -0.05) is 0 Å². The van der Waals surface area contributed by atoms with Crippen LogP contribution in [0.25, 0.3) is 22.3 Å². The fraction of sp³-hybridized carbons (Fsp3) is 0.0625. The number of nitrogens with zero attached hydrogens (tertiary/aromatic N) is 6. The van der Waals surface area contributed by atoms with Crippen LogP contribution in [-0.2, 0) is 0 Å². The monoisotopic (exact) mass is 304 g/mol. The molecule has 0 spiro atoms. The maximum atomic E-state index is 10.3. The van der Waals surface area contributed by atoms with Gasteiger partial charge in [-0.25, -0.2) is 19.9 Å². The SMILES string of the molecule is Cc1ccc2nccnc2n1.O=Cc1ccc2nccnc2n1. The molecule has 4 heterocycles. The van der Waals surface area contributed by atoms with Crippen molar-refractivity contribution < 1.29 is 4.79 Å². The molecule has 23 heavy (non-hydrogen) atoms. The first-order valence-corrected chi connectivity index (χ1v) is 6.83. The lowest BCUT2D eigenvalue weighted by molar-refractivity contribution is 0.111. The summed E-state index contributed by atoms with van der Waals surface area (Å²) in [7, 11) is 0. The Bertz CT molecular complexity index is 972. The van der Waals surface area contributed by atoms with E-state index in [-0.39, 0.29) is 0 Å². The predicted octanol–water partition coefficient (Wildman–Crippen LogP) is 2.17. The van der Waals surface area contributed by atoms with E-state index in [4.69, 9.17) is 0 Å². The van der Waals surface area contributed by atoms with E-state index in [9.17, 15) is 4.79 Å². The van der Waals surface area contributed by atoms with Gasteiger partial charge >= 0.3 is 0 Å². The van der Waals surface area contributed by atoms with Crippen LogP contribution in [0, 0.1) is 6.92 Å². The first-order chi connectivity index (χ1) is 11.3. The van der Waals surface area contributed by atoms with E-state index in [1.807, 2.05) is 19.1 Å². The van der Waals surface area contributed by atoms with Crippen molar-refractivity contribution in [3.8, 4) is 0 Å². The molecule has 7 nitrogen and oxygen atoms in total. The molecule has 0 unspecified atom stereocenters. The lowest BCUT2D eigenvalue weighted by atomic mass is 10.3. The van der Waals surface area contributed by atoms with Gasteiger partial charge in [-0.05, 0) is 31.2 Å². The molecule has 0 atom stereocenters. The fourth-order valence-corrected chi connectivity index (χ4v) is 1.88. The van der Waals surface area contributed by atoms with Gasteiger partial charge in [0.1, 0.15) is 16.7 Å². The van der Waals surface area contributed by atoms with Crippen molar-refractivity contribution in [2.24, 2.45) is 0 Å². The number of aryl methyl sites for hydroxylation is 1. The number of hydrogen-bond acceptors (Lipinski definition) is 7. The van der Waals surface area contributed by atoms with Gasteiger partial charge in [0.05, 0.1) is 0 Å². The molecule has 112 valence electrons. The highest BCUT2D eigenvalue weighted by molar-refractivity contribution is 5.78. The van der Waals surface area contributed by atoms with Crippen LogP contribution in [0.1, 0.15) is 16.2 Å². The number of fused-ring (bicyclic) bond motifs is 2. The standard InChI is InChI=1S/C8H5N3O.C8H7N3/c12-5-6-1-2-7-8(11-6)10-4-3-9-7;1-6-2-3-7-8(11-6)10-5-4-9-7/h1-5H;2-5H,1H3. The van der Waals surface area contributed by atoms with E-state index in [0.29, 0.717) is 28.8 Å². The minimum Gasteiger partial charge on any atom is -0.296 e. The summed E-state index contributed by atoms with van der Waals surface area (Å²) in [6.45, 7) is 1.94. The van der Waals surface area contributed by atoms with Crippen LogP contribution in [0.15, 0.2) is 49.1 Å². The van der Waals surface area contributed by atoms with Gasteiger partial charge in [-0.2, -0.15) is 0 Å². The van der Waals surface area contributed by atoms with Crippen molar-refractivity contribution in [2.75, 3.05) is 0 Å². The molecule has 0 aliphatic carbocycles. The minimum absolute atomic E-state index is 0.378. The van der Waals surface area contributed by atoms with Crippen LogP contribution in [0.4, 0.5) is 0 Å². The van der Waals surface area contributed by atoms with Crippen LogP contribution in [0.3, 0.4) is 0 Å². The van der Waals surface area contributed by atoms with Crippen molar-refractivity contribution in [3.05, 3.63) is 60.4 Å². The maximum absolute atomic E-state index is 10.3. The summed E-state index contributed by atoms with van der Waals surface area (Å²) in [5.74, 6) is 0. The van der Waals surface area contributed by atoms with E-state index >= 15 is 0 Å². The van der Waals surface area contributed by atoms with E-state index in [1.54, 1.807) is 36.9 Å². The fourth-order valence-electron chi connectivity index (χ4n) is 1.88. The third-order valence-electron chi connectivity index (χ3n) is 2.94. The minimum atomic E-state index is 0.378. The zero-order valence-corrected chi connectivity index (χ0v) is 12.3. The Hall–Kier alpha value is -3.35. The van der Waals surface area contributed by atoms with Crippen LogP contribution < -0.4 is 0 Å². The molecule has 0 radical (unpaired) electrons. The number of aromatic nitrogens is 6. The summed E-state index contributed by atoms with van der Waals surface area (Å²) < 4.78 is 0. The molecule has 0 aromatic carbocycles. The van der Waals surface area contributed by atoms with Crippen molar-refractivity contribution in [2.45, 2.75) is 6.92 Å². The Kier molecular flexibility index (Phi) is 4.19. The topological polar surface area (TPSA) is 94.4 Å². The Labute approximate surface area is 131 Å². The molecule has 0 N–H and O–H groups in total. The largest absolute Gasteiger partial charge is 0.296 e. The summed E-state index contributed by atoms with van der Waals surface area (Å²) in [5.41, 5.74) is 4.11. The van der Waals surface area contributed by atoms with Crippen molar-refractivity contribution in [1.82, 2.24) is 29.9 Å². The third kappa shape index (κ3) is 3.46. The van der Waals surface area contributed by atoms with Gasteiger partial charge in [0.15, 0.2) is 17.6 Å². The van der Waals surface area contributed by atoms with Crippen LogP contribution >= 0.6 is 0 Å². The molecular formula is C16H12N6O. The van der Waals surface area contributed by atoms with Gasteiger partial charge in [0.25, 0.3) is 0 Å². The van der Waals surface area contributed by atoms with Crippen LogP contribution in [0.2, 0.25) is 0 Å². The van der Waals surface area contributed by atoms with E-state index in [2.05, 4.69) is 29.9 Å². The smallest absolute Gasteiger partial charge is 0.178 e. The number of pyridine rings is 2. The van der Waals surface area contributed by atoms with Gasteiger partial charge in [-0.15, -0.1) is 0 Å². The average molecular weight is 304 g/mol. The molecule has 0 amide bonds. The molecule has 0 bridgehead atoms. The molecule has 0 saturated carbocycles. The van der Waals surface area contributed by atoms with Gasteiger partial charge in [0.2, 0.25) is 0 Å². The van der Waals surface area contributed by atoms with Gasteiger partial charge < -0.3 is 0 Å². The highest BCUT2D eigenvalue weighted by atomic mass is 16.1. The molecule has 0 aliphatic heterocycles. The van der Waals surface area contributed by atoms with Gasteiger partial charge in [-0.3, -0.25) is 14.8 Å². The van der Waals surface area contributed by atoms with E-state index in [0.717, 1.165) is 11.2 Å². The maximum Gasteiger partial charge on any atom is 0.178 e. The first kappa shape index (κ1) is 14.6. The second-order valence-electron chi connectivity index (χ2n) is 4.60. The summed E-state index contributed by atoms with van der Waals surface area (Å²) in [6, 6.07) is 7.19. The summed E-state index contributed by atoms with van der Waals surface area (Å²) in [4.78, 5) is 34.6. The zero-order chi connectivity index (χ0) is 16.1. The van der Waals surface area contributed by atoms with Crippen molar-refractivity contribution in [1.29, 1.82) is 0 Å². The van der Waals surface area contributed by atoms with Crippen molar-refractivity contribution in [3.63, 3.8) is 0 Å². The molecule has 4 rings (SSSR count). The summed E-state index contributed by atoms with van der Waals surface area (Å²) in [5, 5.41) is 0. The number of hydrogen-bond donors (Lipinski definition) is 0. The second-order valence-corrected chi connectivity index (χ2v) is 4.60. The van der Waals surface area contributed by atoms with Crippen molar-refractivity contribution >= 4 is 28.6 Å². The Morgan fingerprint density at radius 1 is 0.739 bits per heavy atom. The average Bonchev–Trinajstić information content (AvgIpc) is 2.61.